The summed E-state index contributed by atoms with van der Waals surface area (Å²) in [5, 5.41) is 1.83. The number of carbonyl (C=O) groups excluding carboxylic acids is 1. The molecule has 1 aromatic rings. The van der Waals surface area contributed by atoms with Gasteiger partial charge < -0.3 is 4.90 Å². The first-order chi connectivity index (χ1) is 11.1. The molecule has 1 amide bonds. The van der Waals surface area contributed by atoms with E-state index in [4.69, 9.17) is 11.6 Å². The smallest absolute Gasteiger partial charge is 0.258 e. The van der Waals surface area contributed by atoms with Crippen molar-refractivity contribution in [2.45, 2.75) is 39.7 Å². The van der Waals surface area contributed by atoms with Crippen molar-refractivity contribution >= 4 is 33.2 Å². The first-order valence-electron chi connectivity index (χ1n) is 7.93. The van der Waals surface area contributed by atoms with E-state index in [0.29, 0.717) is 35.8 Å². The number of halogens is 1. The van der Waals surface area contributed by atoms with Gasteiger partial charge in [-0.2, -0.15) is 0 Å². The van der Waals surface area contributed by atoms with Crippen LogP contribution in [0.3, 0.4) is 0 Å². The molecule has 0 radical (unpaired) electrons. The number of rotatable bonds is 5. The zero-order valence-electron chi connectivity index (χ0n) is 14.4. The summed E-state index contributed by atoms with van der Waals surface area (Å²) in [7, 11) is -3.61. The zero-order valence-corrected chi connectivity index (χ0v) is 16.0. The van der Waals surface area contributed by atoms with Crippen LogP contribution in [0, 0.1) is 0 Å². The van der Waals surface area contributed by atoms with Crippen molar-refractivity contribution in [3.63, 3.8) is 0 Å². The van der Waals surface area contributed by atoms with Crippen LogP contribution in [0.1, 0.15) is 34.1 Å². The van der Waals surface area contributed by atoms with Crippen molar-refractivity contribution in [3.8, 4) is 0 Å². The number of carbonyl (C=O) groups is 1. The van der Waals surface area contributed by atoms with E-state index in [1.807, 2.05) is 20.8 Å². The van der Waals surface area contributed by atoms with E-state index in [-0.39, 0.29) is 5.91 Å². The van der Waals surface area contributed by atoms with Crippen molar-refractivity contribution in [2.75, 3.05) is 17.4 Å². The SMILES string of the molecule is CCC(=O)N(CC)CC1=CS(=O)(=O)N(c2ccc(Cl)cc2)C1(C)C. The Hall–Kier alpha value is -1.53. The summed E-state index contributed by atoms with van der Waals surface area (Å²) < 4.78 is 26.8. The van der Waals surface area contributed by atoms with Gasteiger partial charge in [-0.05, 0) is 50.6 Å². The number of anilines is 1. The third-order valence-electron chi connectivity index (χ3n) is 4.30. The lowest BCUT2D eigenvalue weighted by atomic mass is 9.94. The second-order valence-corrected chi connectivity index (χ2v) is 8.32. The average molecular weight is 371 g/mol. The molecule has 0 spiro atoms. The van der Waals surface area contributed by atoms with E-state index < -0.39 is 15.6 Å². The van der Waals surface area contributed by atoms with E-state index in [0.717, 1.165) is 0 Å². The quantitative estimate of drug-likeness (QED) is 0.798. The Bertz CT molecular complexity index is 755. The van der Waals surface area contributed by atoms with Crippen LogP contribution >= 0.6 is 11.6 Å². The highest BCUT2D eigenvalue weighted by molar-refractivity contribution is 7.96. The summed E-state index contributed by atoms with van der Waals surface area (Å²) in [4.78, 5) is 13.7. The van der Waals surface area contributed by atoms with Gasteiger partial charge in [-0.1, -0.05) is 18.5 Å². The molecule has 0 saturated carbocycles. The van der Waals surface area contributed by atoms with Crippen LogP contribution in [0.2, 0.25) is 5.02 Å². The van der Waals surface area contributed by atoms with Crippen LogP contribution in [0.25, 0.3) is 0 Å². The van der Waals surface area contributed by atoms with Crippen molar-refractivity contribution < 1.29 is 13.2 Å². The number of hydrogen-bond donors (Lipinski definition) is 0. The van der Waals surface area contributed by atoms with Crippen LogP contribution in [-0.2, 0) is 14.8 Å². The van der Waals surface area contributed by atoms with Gasteiger partial charge in [0.15, 0.2) is 0 Å². The van der Waals surface area contributed by atoms with Crippen LogP contribution in [0.15, 0.2) is 35.2 Å². The van der Waals surface area contributed by atoms with Gasteiger partial charge >= 0.3 is 0 Å². The molecule has 132 valence electrons. The molecule has 0 aromatic heterocycles. The van der Waals surface area contributed by atoms with E-state index >= 15 is 0 Å². The van der Waals surface area contributed by atoms with Crippen molar-refractivity contribution in [1.82, 2.24) is 4.90 Å². The molecule has 1 aliphatic heterocycles. The molecular weight excluding hydrogens is 348 g/mol. The Kier molecular flexibility index (Phi) is 5.30. The molecule has 0 atom stereocenters. The third-order valence-corrected chi connectivity index (χ3v) is 6.31. The molecule has 24 heavy (non-hydrogen) atoms. The van der Waals surface area contributed by atoms with Gasteiger partial charge in [0.25, 0.3) is 10.0 Å². The van der Waals surface area contributed by atoms with Gasteiger partial charge in [0.2, 0.25) is 5.91 Å². The number of benzene rings is 1. The minimum Gasteiger partial charge on any atom is -0.339 e. The van der Waals surface area contributed by atoms with Crippen LogP contribution in [0.5, 0.6) is 0 Å². The second kappa shape index (κ2) is 6.76. The zero-order chi connectivity index (χ0) is 18.1. The van der Waals surface area contributed by atoms with Gasteiger partial charge in [-0.3, -0.25) is 9.10 Å². The average Bonchev–Trinajstić information content (AvgIpc) is 2.69. The highest BCUT2D eigenvalue weighted by atomic mass is 35.5. The van der Waals surface area contributed by atoms with Crippen LogP contribution in [-0.4, -0.2) is 37.9 Å². The first-order valence-corrected chi connectivity index (χ1v) is 9.81. The highest BCUT2D eigenvalue weighted by Crippen LogP contribution is 2.40. The number of sulfonamides is 1. The predicted molar refractivity (Wildman–Crippen MR) is 97.6 cm³/mol. The van der Waals surface area contributed by atoms with Gasteiger partial charge in [-0.25, -0.2) is 8.42 Å². The topological polar surface area (TPSA) is 57.7 Å². The Morgan fingerprint density at radius 3 is 2.29 bits per heavy atom. The van der Waals surface area contributed by atoms with Crippen LogP contribution in [0.4, 0.5) is 5.69 Å². The van der Waals surface area contributed by atoms with Crippen molar-refractivity contribution in [2.24, 2.45) is 0 Å². The van der Waals surface area contributed by atoms with Gasteiger partial charge in [0, 0.05) is 24.5 Å². The maximum absolute atomic E-state index is 12.7. The van der Waals surface area contributed by atoms with E-state index in [2.05, 4.69) is 0 Å². The second-order valence-electron chi connectivity index (χ2n) is 6.25. The number of amides is 1. The monoisotopic (exact) mass is 370 g/mol. The molecule has 0 N–H and O–H groups in total. The standard InChI is InChI=1S/C17H23ClN2O3S/c1-5-16(21)19(6-2)11-13-12-24(22,23)20(17(13,3)4)15-9-7-14(18)8-10-15/h7-10,12H,5-6,11H2,1-4H3. The minimum atomic E-state index is -3.61. The van der Waals surface area contributed by atoms with E-state index in [1.165, 1.54) is 9.71 Å². The first kappa shape index (κ1) is 18.8. The van der Waals surface area contributed by atoms with E-state index in [1.54, 1.807) is 36.1 Å². The van der Waals surface area contributed by atoms with Crippen molar-refractivity contribution in [3.05, 3.63) is 40.3 Å². The Labute approximate surface area is 148 Å². The van der Waals surface area contributed by atoms with Gasteiger partial charge in [0.1, 0.15) is 0 Å². The van der Waals surface area contributed by atoms with Crippen LogP contribution < -0.4 is 4.31 Å². The summed E-state index contributed by atoms with van der Waals surface area (Å²) in [5.41, 5.74) is 0.496. The molecule has 1 aliphatic rings. The molecule has 5 nitrogen and oxygen atoms in total. The molecular formula is C17H23ClN2O3S. The Morgan fingerprint density at radius 1 is 1.21 bits per heavy atom. The van der Waals surface area contributed by atoms with Gasteiger partial charge in [-0.15, -0.1) is 0 Å². The molecule has 1 aromatic carbocycles. The summed E-state index contributed by atoms with van der Waals surface area (Å²) in [6.07, 6.45) is 0.398. The number of nitrogens with zero attached hydrogens (tertiary/aromatic N) is 2. The molecule has 1 heterocycles. The summed E-state index contributed by atoms with van der Waals surface area (Å²) >= 11 is 5.90. The summed E-state index contributed by atoms with van der Waals surface area (Å²) in [6.45, 7) is 8.24. The Balaban J connectivity index is 2.39. The van der Waals surface area contributed by atoms with Gasteiger partial charge in [0.05, 0.1) is 16.6 Å². The fourth-order valence-electron chi connectivity index (χ4n) is 2.91. The fourth-order valence-corrected chi connectivity index (χ4v) is 5.03. The fraction of sp³-hybridized carbons (Fsp3) is 0.471. The molecule has 2 rings (SSSR count). The molecule has 0 unspecified atom stereocenters. The minimum absolute atomic E-state index is 0.0107. The molecule has 0 aliphatic carbocycles. The largest absolute Gasteiger partial charge is 0.339 e. The predicted octanol–water partition coefficient (Wildman–Crippen LogP) is 3.41. The normalized spacial score (nSPS) is 18.4. The lowest BCUT2D eigenvalue weighted by molar-refractivity contribution is -0.130. The van der Waals surface area contributed by atoms with Crippen molar-refractivity contribution in [1.29, 1.82) is 0 Å². The summed E-state index contributed by atoms with van der Waals surface area (Å²) in [6, 6.07) is 6.71. The Morgan fingerprint density at radius 2 is 1.79 bits per heavy atom. The molecule has 7 heteroatoms. The maximum Gasteiger partial charge on any atom is 0.258 e. The highest BCUT2D eigenvalue weighted by Gasteiger charge is 2.45. The number of likely N-dealkylation sites (N-methyl/N-ethyl adjacent to an activating group) is 1. The number of hydrogen-bond acceptors (Lipinski definition) is 3. The van der Waals surface area contributed by atoms with E-state index in [9.17, 15) is 13.2 Å². The summed E-state index contributed by atoms with van der Waals surface area (Å²) in [5.74, 6) is 0.0107. The lowest BCUT2D eigenvalue weighted by Crippen LogP contribution is -2.46. The lowest BCUT2D eigenvalue weighted by Gasteiger charge is -2.36. The molecule has 0 saturated heterocycles. The third kappa shape index (κ3) is 3.44. The molecule has 0 bridgehead atoms. The maximum atomic E-state index is 12.7. The molecule has 0 fully saturated rings.